The molecule has 3 rings (SSSR count). The van der Waals surface area contributed by atoms with E-state index in [1.165, 1.54) is 18.5 Å². The van der Waals surface area contributed by atoms with Crippen LogP contribution < -0.4 is 0 Å². The molecule has 0 radical (unpaired) electrons. The summed E-state index contributed by atoms with van der Waals surface area (Å²) in [6.07, 6.45) is 6.76. The number of aryl methyl sites for hydroxylation is 1. The molecule has 6 nitrogen and oxygen atoms in total. The summed E-state index contributed by atoms with van der Waals surface area (Å²) in [6, 6.07) is 0.539. The van der Waals surface area contributed by atoms with Crippen molar-refractivity contribution < 1.29 is 9.90 Å². The van der Waals surface area contributed by atoms with Crippen molar-refractivity contribution in [1.29, 1.82) is 0 Å². The van der Waals surface area contributed by atoms with E-state index in [-0.39, 0.29) is 18.6 Å². The molecule has 1 aromatic rings. The van der Waals surface area contributed by atoms with Crippen molar-refractivity contribution in [2.75, 3.05) is 26.7 Å². The van der Waals surface area contributed by atoms with Crippen LogP contribution in [0.2, 0.25) is 0 Å². The zero-order chi connectivity index (χ0) is 16.4. The van der Waals surface area contributed by atoms with E-state index in [4.69, 9.17) is 5.11 Å². The molecule has 23 heavy (non-hydrogen) atoms. The summed E-state index contributed by atoms with van der Waals surface area (Å²) in [6.45, 7) is 4.74. The van der Waals surface area contributed by atoms with Gasteiger partial charge in [-0.15, -0.1) is 0 Å². The van der Waals surface area contributed by atoms with E-state index >= 15 is 0 Å². The minimum absolute atomic E-state index is 0.163. The van der Waals surface area contributed by atoms with Crippen LogP contribution in [-0.4, -0.2) is 69.4 Å². The van der Waals surface area contributed by atoms with Crippen LogP contribution in [0.4, 0.5) is 0 Å². The van der Waals surface area contributed by atoms with Crippen LogP contribution in [0.5, 0.6) is 0 Å². The molecule has 2 aliphatic heterocycles. The summed E-state index contributed by atoms with van der Waals surface area (Å²) in [7, 11) is 2.03. The maximum atomic E-state index is 12.8. The highest BCUT2D eigenvalue weighted by Crippen LogP contribution is 2.24. The number of carbonyl (C=O) groups is 1. The fourth-order valence-electron chi connectivity index (χ4n) is 4.09. The van der Waals surface area contributed by atoms with Gasteiger partial charge in [-0.2, -0.15) is 5.10 Å². The fourth-order valence-corrected chi connectivity index (χ4v) is 4.09. The molecule has 128 valence electrons. The lowest BCUT2D eigenvalue weighted by Gasteiger charge is -2.30. The van der Waals surface area contributed by atoms with Crippen LogP contribution in [-0.2, 0) is 24.2 Å². The number of fused-ring (bicyclic) bond motifs is 1. The Balaban J connectivity index is 1.64. The minimum Gasteiger partial charge on any atom is -0.395 e. The number of amides is 1. The van der Waals surface area contributed by atoms with Gasteiger partial charge < -0.3 is 10.0 Å². The molecule has 1 N–H and O–H groups in total. The van der Waals surface area contributed by atoms with E-state index in [1.54, 1.807) is 0 Å². The van der Waals surface area contributed by atoms with Crippen LogP contribution in [0.3, 0.4) is 0 Å². The summed E-state index contributed by atoms with van der Waals surface area (Å²) in [4.78, 5) is 16.9. The number of nitrogens with zero attached hydrogens (tertiary/aromatic N) is 4. The van der Waals surface area contributed by atoms with Crippen LogP contribution in [0.1, 0.15) is 37.4 Å². The molecule has 2 aliphatic rings. The van der Waals surface area contributed by atoms with Gasteiger partial charge in [0.1, 0.15) is 0 Å². The standard InChI is InChI=1S/C17H28N4O2/c1-13-15(19(2)9-10-22)6-8-20(13)17(23)11-14-12-18-21-7-4-3-5-16(14)21/h12-13,15,22H,3-11H2,1-2H3/t13-,15-/m1/s1. The third-order valence-corrected chi connectivity index (χ3v) is 5.46. The number of hydrogen-bond acceptors (Lipinski definition) is 4. The quantitative estimate of drug-likeness (QED) is 0.866. The Kier molecular flexibility index (Phi) is 5.02. The number of likely N-dealkylation sites (tertiary alicyclic amines) is 1. The lowest BCUT2D eigenvalue weighted by Crippen LogP contribution is -2.45. The molecule has 1 saturated heterocycles. The van der Waals surface area contributed by atoms with Gasteiger partial charge in [-0.05, 0) is 39.7 Å². The van der Waals surface area contributed by atoms with Crippen LogP contribution in [0.25, 0.3) is 0 Å². The topological polar surface area (TPSA) is 61.6 Å². The number of carbonyl (C=O) groups excluding carboxylic acids is 1. The summed E-state index contributed by atoms with van der Waals surface area (Å²) >= 11 is 0. The van der Waals surface area contributed by atoms with Crippen molar-refractivity contribution in [2.45, 2.75) is 57.7 Å². The van der Waals surface area contributed by atoms with Crippen molar-refractivity contribution >= 4 is 5.91 Å². The van der Waals surface area contributed by atoms with Crippen molar-refractivity contribution in [3.05, 3.63) is 17.5 Å². The van der Waals surface area contributed by atoms with E-state index < -0.39 is 0 Å². The number of rotatable bonds is 5. The van der Waals surface area contributed by atoms with E-state index in [0.717, 1.165) is 31.5 Å². The Morgan fingerprint density at radius 2 is 2.26 bits per heavy atom. The molecular weight excluding hydrogens is 292 g/mol. The first-order chi connectivity index (χ1) is 11.1. The smallest absolute Gasteiger partial charge is 0.227 e. The number of aliphatic hydroxyl groups is 1. The lowest BCUT2D eigenvalue weighted by atomic mass is 10.0. The summed E-state index contributed by atoms with van der Waals surface area (Å²) in [5.41, 5.74) is 2.36. The summed E-state index contributed by atoms with van der Waals surface area (Å²) < 4.78 is 2.07. The summed E-state index contributed by atoms with van der Waals surface area (Å²) in [5, 5.41) is 13.5. The molecule has 2 atom stereocenters. The first kappa shape index (κ1) is 16.5. The van der Waals surface area contributed by atoms with Gasteiger partial charge in [0.25, 0.3) is 0 Å². The van der Waals surface area contributed by atoms with Crippen molar-refractivity contribution in [2.24, 2.45) is 0 Å². The molecule has 1 amide bonds. The number of likely N-dealkylation sites (N-methyl/N-ethyl adjacent to an activating group) is 1. The fraction of sp³-hybridized carbons (Fsp3) is 0.765. The molecule has 3 heterocycles. The van der Waals surface area contributed by atoms with Crippen molar-refractivity contribution in [1.82, 2.24) is 19.6 Å². The number of hydrogen-bond donors (Lipinski definition) is 1. The summed E-state index contributed by atoms with van der Waals surface area (Å²) in [5.74, 6) is 0.207. The normalized spacial score (nSPS) is 24.3. The Bertz CT molecular complexity index is 557. The molecule has 6 heteroatoms. The van der Waals surface area contributed by atoms with Gasteiger partial charge in [0.2, 0.25) is 5.91 Å². The maximum absolute atomic E-state index is 12.8. The molecular formula is C17H28N4O2. The molecule has 0 unspecified atom stereocenters. The highest BCUT2D eigenvalue weighted by atomic mass is 16.3. The van der Waals surface area contributed by atoms with E-state index in [2.05, 4.69) is 21.6 Å². The number of aromatic nitrogens is 2. The SMILES string of the molecule is C[C@@H]1[C@H](N(C)CCO)CCN1C(=O)Cc1cnn2c1CCCC2. The van der Waals surface area contributed by atoms with Gasteiger partial charge in [0.15, 0.2) is 0 Å². The predicted molar refractivity (Wildman–Crippen MR) is 88.2 cm³/mol. The van der Waals surface area contributed by atoms with E-state index in [1.807, 2.05) is 18.1 Å². The largest absolute Gasteiger partial charge is 0.395 e. The first-order valence-electron chi connectivity index (χ1n) is 8.76. The van der Waals surface area contributed by atoms with E-state index in [0.29, 0.717) is 19.0 Å². The van der Waals surface area contributed by atoms with Crippen molar-refractivity contribution in [3.8, 4) is 0 Å². The second kappa shape index (κ2) is 7.01. The minimum atomic E-state index is 0.163. The van der Waals surface area contributed by atoms with Gasteiger partial charge in [-0.25, -0.2) is 0 Å². The molecule has 1 fully saturated rings. The van der Waals surface area contributed by atoms with Crippen LogP contribution in [0, 0.1) is 0 Å². The predicted octanol–water partition coefficient (Wildman–Crippen LogP) is 0.675. The van der Waals surface area contributed by atoms with Crippen LogP contribution in [0.15, 0.2) is 6.20 Å². The lowest BCUT2D eigenvalue weighted by molar-refractivity contribution is -0.131. The average Bonchev–Trinajstić information content (AvgIpc) is 3.12. The first-order valence-corrected chi connectivity index (χ1v) is 8.76. The van der Waals surface area contributed by atoms with Crippen LogP contribution >= 0.6 is 0 Å². The van der Waals surface area contributed by atoms with Crippen molar-refractivity contribution in [3.63, 3.8) is 0 Å². The van der Waals surface area contributed by atoms with Gasteiger partial charge in [-0.3, -0.25) is 14.4 Å². The zero-order valence-electron chi connectivity index (χ0n) is 14.2. The molecule has 0 spiro atoms. The highest BCUT2D eigenvalue weighted by molar-refractivity contribution is 5.79. The monoisotopic (exact) mass is 320 g/mol. The molecule has 0 bridgehead atoms. The van der Waals surface area contributed by atoms with Gasteiger partial charge in [-0.1, -0.05) is 0 Å². The highest BCUT2D eigenvalue weighted by Gasteiger charge is 2.36. The molecule has 0 aliphatic carbocycles. The Hall–Kier alpha value is -1.40. The third-order valence-electron chi connectivity index (χ3n) is 5.46. The maximum Gasteiger partial charge on any atom is 0.227 e. The average molecular weight is 320 g/mol. The third kappa shape index (κ3) is 3.28. The van der Waals surface area contributed by atoms with Gasteiger partial charge in [0.05, 0.1) is 19.2 Å². The number of aliphatic hydroxyl groups excluding tert-OH is 1. The zero-order valence-corrected chi connectivity index (χ0v) is 14.2. The molecule has 0 aromatic carbocycles. The Morgan fingerprint density at radius 3 is 3.04 bits per heavy atom. The second-order valence-electron chi connectivity index (χ2n) is 6.86. The molecule has 1 aromatic heterocycles. The van der Waals surface area contributed by atoms with Gasteiger partial charge in [0, 0.05) is 43.0 Å². The second-order valence-corrected chi connectivity index (χ2v) is 6.86. The Labute approximate surface area is 138 Å². The van der Waals surface area contributed by atoms with E-state index in [9.17, 15) is 4.79 Å². The Morgan fingerprint density at radius 1 is 1.43 bits per heavy atom. The molecule has 0 saturated carbocycles. The van der Waals surface area contributed by atoms with Gasteiger partial charge >= 0.3 is 0 Å².